The lowest BCUT2D eigenvalue weighted by molar-refractivity contribution is -0.385. The van der Waals surface area contributed by atoms with Gasteiger partial charge in [0.05, 0.1) is 10.6 Å². The molecule has 5 nitrogen and oxygen atoms in total. The van der Waals surface area contributed by atoms with E-state index in [2.05, 4.69) is 11.0 Å². The van der Waals surface area contributed by atoms with Crippen molar-refractivity contribution in [1.82, 2.24) is 9.78 Å². The smallest absolute Gasteiger partial charge is 0.267 e. The zero-order valence-electron chi connectivity index (χ0n) is 10.7. The molecule has 0 aliphatic carbocycles. The number of rotatable bonds is 2. The molecular formula is C13H8F3N3O2. The lowest BCUT2D eigenvalue weighted by Crippen LogP contribution is -2.06. The normalized spacial score (nSPS) is 11.2. The average molecular weight is 295 g/mol. The number of alkyl halides is 3. The number of aromatic nitrogens is 2. The van der Waals surface area contributed by atoms with E-state index < -0.39 is 16.8 Å². The van der Waals surface area contributed by atoms with Gasteiger partial charge < -0.3 is 0 Å². The van der Waals surface area contributed by atoms with Gasteiger partial charge >= 0.3 is 6.18 Å². The molecule has 8 heteroatoms. The highest BCUT2D eigenvalue weighted by molar-refractivity contribution is 5.67. The molecule has 1 aromatic heterocycles. The Kier molecular flexibility index (Phi) is 3.43. The van der Waals surface area contributed by atoms with Crippen molar-refractivity contribution in [2.75, 3.05) is 0 Å². The minimum atomic E-state index is -4.58. The predicted octanol–water partition coefficient (Wildman–Crippen LogP) is 3.00. The Hall–Kier alpha value is -2.82. The standard InChI is InChI=1S/C13H8F3N3O2/c1-3-8-4-5-9(6-11(8)19(20)21)10-7-12(13(14,15)16)17-18(10)2/h1,4-7H,2H3. The van der Waals surface area contributed by atoms with Crippen molar-refractivity contribution in [3.63, 3.8) is 0 Å². The zero-order valence-corrected chi connectivity index (χ0v) is 10.7. The number of nitrogens with zero attached hydrogens (tertiary/aromatic N) is 3. The van der Waals surface area contributed by atoms with Gasteiger partial charge in [-0.25, -0.2) is 0 Å². The fourth-order valence-electron chi connectivity index (χ4n) is 1.84. The van der Waals surface area contributed by atoms with Gasteiger partial charge in [0.2, 0.25) is 0 Å². The predicted molar refractivity (Wildman–Crippen MR) is 68.2 cm³/mol. The van der Waals surface area contributed by atoms with E-state index in [1.54, 1.807) is 0 Å². The largest absolute Gasteiger partial charge is 0.435 e. The van der Waals surface area contributed by atoms with Crippen molar-refractivity contribution in [3.8, 4) is 23.6 Å². The molecule has 0 amide bonds. The SMILES string of the molecule is C#Cc1ccc(-c2cc(C(F)(F)F)nn2C)cc1[N+](=O)[O-]. The van der Waals surface area contributed by atoms with E-state index in [9.17, 15) is 23.3 Å². The molecular weight excluding hydrogens is 287 g/mol. The van der Waals surface area contributed by atoms with Crippen molar-refractivity contribution in [2.24, 2.45) is 7.05 Å². The van der Waals surface area contributed by atoms with E-state index in [0.29, 0.717) is 0 Å². The summed E-state index contributed by atoms with van der Waals surface area (Å²) in [6.45, 7) is 0. The van der Waals surface area contributed by atoms with Crippen LogP contribution in [0.25, 0.3) is 11.3 Å². The fraction of sp³-hybridized carbons (Fsp3) is 0.154. The van der Waals surface area contributed by atoms with Crippen molar-refractivity contribution in [2.45, 2.75) is 6.18 Å². The summed E-state index contributed by atoms with van der Waals surface area (Å²) in [5, 5.41) is 14.3. The van der Waals surface area contributed by atoms with Crippen molar-refractivity contribution in [1.29, 1.82) is 0 Å². The number of terminal acetylenes is 1. The van der Waals surface area contributed by atoms with Gasteiger partial charge in [0.1, 0.15) is 5.56 Å². The van der Waals surface area contributed by atoms with Crippen LogP contribution < -0.4 is 0 Å². The first-order valence-electron chi connectivity index (χ1n) is 5.60. The molecule has 0 aliphatic rings. The molecule has 21 heavy (non-hydrogen) atoms. The molecule has 1 heterocycles. The Bertz CT molecular complexity index is 757. The number of nitro benzene ring substituents is 1. The minimum Gasteiger partial charge on any atom is -0.267 e. The van der Waals surface area contributed by atoms with Crippen LogP contribution in [-0.4, -0.2) is 14.7 Å². The molecule has 0 saturated heterocycles. The summed E-state index contributed by atoms with van der Waals surface area (Å²) >= 11 is 0. The number of hydrogen-bond donors (Lipinski definition) is 0. The highest BCUT2D eigenvalue weighted by Crippen LogP contribution is 2.33. The van der Waals surface area contributed by atoms with Gasteiger partial charge in [-0.1, -0.05) is 12.0 Å². The highest BCUT2D eigenvalue weighted by Gasteiger charge is 2.34. The molecule has 0 radical (unpaired) electrons. The van der Waals surface area contributed by atoms with E-state index in [-0.39, 0.29) is 22.5 Å². The van der Waals surface area contributed by atoms with Crippen LogP contribution >= 0.6 is 0 Å². The molecule has 2 rings (SSSR count). The Morgan fingerprint density at radius 1 is 1.38 bits per heavy atom. The van der Waals surface area contributed by atoms with Gasteiger partial charge in [-0.15, -0.1) is 6.42 Å². The van der Waals surface area contributed by atoms with E-state index in [0.717, 1.165) is 16.8 Å². The summed E-state index contributed by atoms with van der Waals surface area (Å²) in [6.07, 6.45) is 0.565. The molecule has 0 atom stereocenters. The van der Waals surface area contributed by atoms with Gasteiger partial charge in [0, 0.05) is 18.7 Å². The molecule has 0 N–H and O–H groups in total. The molecule has 0 spiro atoms. The molecule has 0 unspecified atom stereocenters. The summed E-state index contributed by atoms with van der Waals surface area (Å²) in [5.41, 5.74) is -1.02. The van der Waals surface area contributed by atoms with Crippen LogP contribution in [0.2, 0.25) is 0 Å². The highest BCUT2D eigenvalue weighted by atomic mass is 19.4. The van der Waals surface area contributed by atoms with Crippen molar-refractivity contribution in [3.05, 3.63) is 45.6 Å². The quantitative estimate of drug-likeness (QED) is 0.486. The molecule has 108 valence electrons. The van der Waals surface area contributed by atoms with Gasteiger partial charge in [-0.05, 0) is 12.1 Å². The van der Waals surface area contributed by atoms with Crippen LogP contribution in [0.4, 0.5) is 18.9 Å². The maximum Gasteiger partial charge on any atom is 0.435 e. The van der Waals surface area contributed by atoms with E-state index in [1.807, 2.05) is 0 Å². The monoisotopic (exact) mass is 295 g/mol. The van der Waals surface area contributed by atoms with Crippen LogP contribution in [0, 0.1) is 22.5 Å². The summed E-state index contributed by atoms with van der Waals surface area (Å²) in [4.78, 5) is 10.2. The second kappa shape index (κ2) is 4.94. The van der Waals surface area contributed by atoms with Crippen molar-refractivity contribution < 1.29 is 18.1 Å². The molecule has 0 fully saturated rings. The van der Waals surface area contributed by atoms with Crippen LogP contribution in [-0.2, 0) is 13.2 Å². The second-order valence-electron chi connectivity index (χ2n) is 4.17. The topological polar surface area (TPSA) is 61.0 Å². The molecule has 0 saturated carbocycles. The van der Waals surface area contributed by atoms with Crippen LogP contribution in [0.15, 0.2) is 24.3 Å². The second-order valence-corrected chi connectivity index (χ2v) is 4.17. The molecule has 1 aromatic carbocycles. The van der Waals surface area contributed by atoms with Gasteiger partial charge in [-0.3, -0.25) is 14.8 Å². The molecule has 0 bridgehead atoms. The van der Waals surface area contributed by atoms with Gasteiger partial charge in [-0.2, -0.15) is 18.3 Å². The first-order valence-corrected chi connectivity index (χ1v) is 5.60. The third-order valence-corrected chi connectivity index (χ3v) is 2.82. The van der Waals surface area contributed by atoms with Gasteiger partial charge in [0.15, 0.2) is 5.69 Å². The first kappa shape index (κ1) is 14.6. The van der Waals surface area contributed by atoms with E-state index in [1.165, 1.54) is 19.2 Å². The van der Waals surface area contributed by atoms with E-state index in [4.69, 9.17) is 6.42 Å². The minimum absolute atomic E-state index is 0.0574. The van der Waals surface area contributed by atoms with E-state index >= 15 is 0 Å². The Balaban J connectivity index is 2.58. The van der Waals surface area contributed by atoms with Crippen LogP contribution in [0.1, 0.15) is 11.3 Å². The van der Waals surface area contributed by atoms with Crippen LogP contribution in [0.3, 0.4) is 0 Å². The maximum atomic E-state index is 12.6. The lowest BCUT2D eigenvalue weighted by Gasteiger charge is -2.03. The number of benzene rings is 1. The Labute approximate surface area is 117 Å². The summed E-state index contributed by atoms with van der Waals surface area (Å²) in [6, 6.07) is 4.69. The molecule has 2 aromatic rings. The third-order valence-electron chi connectivity index (χ3n) is 2.82. The van der Waals surface area contributed by atoms with Crippen molar-refractivity contribution >= 4 is 5.69 Å². The summed E-state index contributed by atoms with van der Waals surface area (Å²) < 4.78 is 38.8. The third kappa shape index (κ3) is 2.72. The van der Waals surface area contributed by atoms with Crippen LogP contribution in [0.5, 0.6) is 0 Å². The summed E-state index contributed by atoms with van der Waals surface area (Å²) in [5.74, 6) is 2.16. The Morgan fingerprint density at radius 3 is 2.52 bits per heavy atom. The number of hydrogen-bond acceptors (Lipinski definition) is 3. The maximum absolute atomic E-state index is 12.6. The zero-order chi connectivity index (χ0) is 15.8. The summed E-state index contributed by atoms with van der Waals surface area (Å²) in [7, 11) is 1.32. The number of nitro groups is 1. The first-order chi connectivity index (χ1) is 9.74. The fourth-order valence-corrected chi connectivity index (χ4v) is 1.84. The number of halogens is 3. The average Bonchev–Trinajstić information content (AvgIpc) is 2.80. The lowest BCUT2D eigenvalue weighted by atomic mass is 10.1. The Morgan fingerprint density at radius 2 is 2.05 bits per heavy atom. The number of aryl methyl sites for hydroxylation is 1. The van der Waals surface area contributed by atoms with Gasteiger partial charge in [0.25, 0.3) is 5.69 Å². The molecule has 0 aliphatic heterocycles.